The summed E-state index contributed by atoms with van der Waals surface area (Å²) in [5.41, 5.74) is 2.32. The number of amides is 1. The van der Waals surface area contributed by atoms with Gasteiger partial charge in [0.2, 0.25) is 5.95 Å². The molecule has 0 atom stereocenters. The Morgan fingerprint density at radius 3 is 2.41 bits per heavy atom. The van der Waals surface area contributed by atoms with Gasteiger partial charge in [-0.1, -0.05) is 18.2 Å². The summed E-state index contributed by atoms with van der Waals surface area (Å²) in [7, 11) is 0. The van der Waals surface area contributed by atoms with Crippen molar-refractivity contribution in [3.8, 4) is 5.69 Å². The zero-order chi connectivity index (χ0) is 19.2. The summed E-state index contributed by atoms with van der Waals surface area (Å²) in [6.45, 7) is 4.18. The monoisotopic (exact) mass is 364 g/mol. The standard InChI is InChI=1S/C19H20N6O2/c1-13-16(14(2)25(24-13)15-7-4-3-5-8-15)17(26)18(27)20-11-12-23-19-21-9-6-10-22-19/h3-10H,11-12H2,1-2H3,(H,20,27)(H,21,22,23). The smallest absolute Gasteiger partial charge is 0.292 e. The first-order chi connectivity index (χ1) is 13.1. The number of carbonyl (C=O) groups excluding carboxylic acids is 2. The molecular weight excluding hydrogens is 344 g/mol. The van der Waals surface area contributed by atoms with Crippen molar-refractivity contribution < 1.29 is 9.59 Å². The van der Waals surface area contributed by atoms with Crippen LogP contribution in [0.1, 0.15) is 21.7 Å². The maximum Gasteiger partial charge on any atom is 0.292 e. The summed E-state index contributed by atoms with van der Waals surface area (Å²) in [4.78, 5) is 32.9. The average molecular weight is 364 g/mol. The molecule has 0 aliphatic carbocycles. The minimum absolute atomic E-state index is 0.272. The molecule has 0 aliphatic rings. The van der Waals surface area contributed by atoms with Crippen LogP contribution in [0.3, 0.4) is 0 Å². The van der Waals surface area contributed by atoms with E-state index >= 15 is 0 Å². The Hall–Kier alpha value is -3.55. The fourth-order valence-electron chi connectivity index (χ4n) is 2.73. The highest BCUT2D eigenvalue weighted by Crippen LogP contribution is 2.18. The fraction of sp³-hybridized carbons (Fsp3) is 0.211. The molecule has 3 rings (SSSR count). The quantitative estimate of drug-likeness (QED) is 0.376. The molecule has 138 valence electrons. The van der Waals surface area contributed by atoms with Gasteiger partial charge in [-0.25, -0.2) is 14.6 Å². The van der Waals surface area contributed by atoms with Crippen LogP contribution in [0.5, 0.6) is 0 Å². The Morgan fingerprint density at radius 1 is 1.00 bits per heavy atom. The van der Waals surface area contributed by atoms with E-state index in [1.54, 1.807) is 37.0 Å². The van der Waals surface area contributed by atoms with Gasteiger partial charge in [0, 0.05) is 25.5 Å². The Morgan fingerprint density at radius 2 is 1.70 bits per heavy atom. The van der Waals surface area contributed by atoms with Crippen LogP contribution in [0.25, 0.3) is 5.69 Å². The van der Waals surface area contributed by atoms with E-state index < -0.39 is 11.7 Å². The molecule has 8 nitrogen and oxygen atoms in total. The number of rotatable bonds is 7. The van der Waals surface area contributed by atoms with Crippen molar-refractivity contribution in [3.63, 3.8) is 0 Å². The molecular formula is C19H20N6O2. The maximum absolute atomic E-state index is 12.6. The number of aromatic nitrogens is 4. The number of nitrogens with zero attached hydrogens (tertiary/aromatic N) is 4. The number of aryl methyl sites for hydroxylation is 1. The van der Waals surface area contributed by atoms with E-state index in [1.807, 2.05) is 30.3 Å². The second-order valence-corrected chi connectivity index (χ2v) is 5.88. The number of hydrogen-bond acceptors (Lipinski definition) is 6. The molecule has 8 heteroatoms. The van der Waals surface area contributed by atoms with Crippen molar-refractivity contribution in [2.75, 3.05) is 18.4 Å². The third-order valence-corrected chi connectivity index (χ3v) is 3.98. The highest BCUT2D eigenvalue weighted by atomic mass is 16.2. The van der Waals surface area contributed by atoms with Gasteiger partial charge in [-0.2, -0.15) is 5.10 Å². The highest BCUT2D eigenvalue weighted by Gasteiger charge is 2.24. The van der Waals surface area contributed by atoms with Crippen LogP contribution in [0, 0.1) is 13.8 Å². The molecule has 0 fully saturated rings. The number of para-hydroxylation sites is 1. The molecule has 2 aromatic heterocycles. The summed E-state index contributed by atoms with van der Waals surface area (Å²) < 4.78 is 1.67. The molecule has 27 heavy (non-hydrogen) atoms. The lowest BCUT2D eigenvalue weighted by Crippen LogP contribution is -2.35. The van der Waals surface area contributed by atoms with Gasteiger partial charge in [0.1, 0.15) is 0 Å². The lowest BCUT2D eigenvalue weighted by molar-refractivity contribution is -0.116. The van der Waals surface area contributed by atoms with Crippen molar-refractivity contribution in [1.29, 1.82) is 0 Å². The molecule has 0 saturated heterocycles. The fourth-order valence-corrected chi connectivity index (χ4v) is 2.73. The van der Waals surface area contributed by atoms with Crippen LogP contribution in [0.4, 0.5) is 5.95 Å². The predicted molar refractivity (Wildman–Crippen MR) is 101 cm³/mol. The number of ketones is 1. The number of Topliss-reactive ketones (excluding diaryl/α,β-unsaturated/α-hetero) is 1. The molecule has 1 aromatic carbocycles. The summed E-state index contributed by atoms with van der Waals surface area (Å²) in [5.74, 6) is -0.790. The first-order valence-electron chi connectivity index (χ1n) is 8.53. The number of anilines is 1. The van der Waals surface area contributed by atoms with Gasteiger partial charge in [-0.05, 0) is 32.0 Å². The normalized spacial score (nSPS) is 10.4. The van der Waals surface area contributed by atoms with Gasteiger partial charge in [0.25, 0.3) is 11.7 Å². The second-order valence-electron chi connectivity index (χ2n) is 5.88. The Bertz CT molecular complexity index is 938. The average Bonchev–Trinajstić information content (AvgIpc) is 3.00. The molecule has 2 heterocycles. The highest BCUT2D eigenvalue weighted by molar-refractivity contribution is 6.43. The SMILES string of the molecule is Cc1nn(-c2ccccc2)c(C)c1C(=O)C(=O)NCCNc1ncccn1. The third-order valence-electron chi connectivity index (χ3n) is 3.98. The van der Waals surface area contributed by atoms with Crippen molar-refractivity contribution in [2.24, 2.45) is 0 Å². The van der Waals surface area contributed by atoms with Crippen molar-refractivity contribution in [3.05, 3.63) is 65.7 Å². The van der Waals surface area contributed by atoms with Gasteiger partial charge in [0.15, 0.2) is 0 Å². The topological polar surface area (TPSA) is 102 Å². The molecule has 0 bridgehead atoms. The molecule has 0 aliphatic heterocycles. The van der Waals surface area contributed by atoms with E-state index in [-0.39, 0.29) is 6.54 Å². The van der Waals surface area contributed by atoms with E-state index in [4.69, 9.17) is 0 Å². The van der Waals surface area contributed by atoms with Crippen molar-refractivity contribution in [2.45, 2.75) is 13.8 Å². The van der Waals surface area contributed by atoms with Crippen LogP contribution < -0.4 is 10.6 Å². The van der Waals surface area contributed by atoms with Gasteiger partial charge in [0.05, 0.1) is 22.6 Å². The van der Waals surface area contributed by atoms with E-state index in [2.05, 4.69) is 25.7 Å². The number of carbonyl (C=O) groups is 2. The molecule has 2 N–H and O–H groups in total. The molecule has 1 amide bonds. The van der Waals surface area contributed by atoms with Crippen LogP contribution >= 0.6 is 0 Å². The minimum atomic E-state index is -0.662. The van der Waals surface area contributed by atoms with Crippen LogP contribution in [0.2, 0.25) is 0 Å². The number of nitrogens with one attached hydrogen (secondary N) is 2. The second kappa shape index (κ2) is 8.22. The van der Waals surface area contributed by atoms with E-state index in [0.29, 0.717) is 29.4 Å². The Labute approximate surface area is 156 Å². The van der Waals surface area contributed by atoms with Gasteiger partial charge < -0.3 is 10.6 Å². The zero-order valence-corrected chi connectivity index (χ0v) is 15.1. The largest absolute Gasteiger partial charge is 0.352 e. The molecule has 3 aromatic rings. The van der Waals surface area contributed by atoms with Crippen LogP contribution in [-0.4, -0.2) is 44.5 Å². The third kappa shape index (κ3) is 4.17. The zero-order valence-electron chi connectivity index (χ0n) is 15.1. The van der Waals surface area contributed by atoms with Gasteiger partial charge in [-0.3, -0.25) is 9.59 Å². The van der Waals surface area contributed by atoms with Crippen molar-refractivity contribution in [1.82, 2.24) is 25.1 Å². The summed E-state index contributed by atoms with van der Waals surface area (Å²) in [6.07, 6.45) is 3.24. The molecule has 0 unspecified atom stereocenters. The minimum Gasteiger partial charge on any atom is -0.352 e. The summed E-state index contributed by atoms with van der Waals surface area (Å²) >= 11 is 0. The number of hydrogen-bond donors (Lipinski definition) is 2. The Balaban J connectivity index is 1.63. The molecule has 0 spiro atoms. The van der Waals surface area contributed by atoms with Crippen molar-refractivity contribution >= 4 is 17.6 Å². The van der Waals surface area contributed by atoms with Gasteiger partial charge in [-0.15, -0.1) is 0 Å². The van der Waals surface area contributed by atoms with Crippen LogP contribution in [0.15, 0.2) is 48.8 Å². The Kier molecular flexibility index (Phi) is 5.55. The summed E-state index contributed by atoms with van der Waals surface area (Å²) in [5, 5.41) is 9.98. The van der Waals surface area contributed by atoms with Gasteiger partial charge >= 0.3 is 0 Å². The molecule has 0 radical (unpaired) electrons. The van der Waals surface area contributed by atoms with E-state index in [9.17, 15) is 9.59 Å². The maximum atomic E-state index is 12.6. The molecule has 0 saturated carbocycles. The lowest BCUT2D eigenvalue weighted by Gasteiger charge is -2.07. The lowest BCUT2D eigenvalue weighted by atomic mass is 10.1. The van der Waals surface area contributed by atoms with Crippen LogP contribution in [-0.2, 0) is 4.79 Å². The first-order valence-corrected chi connectivity index (χ1v) is 8.53. The first kappa shape index (κ1) is 18.2. The summed E-state index contributed by atoms with van der Waals surface area (Å²) in [6, 6.07) is 11.2. The number of benzene rings is 1. The van der Waals surface area contributed by atoms with E-state index in [1.165, 1.54) is 0 Å². The van der Waals surface area contributed by atoms with E-state index in [0.717, 1.165) is 5.69 Å². The predicted octanol–water partition coefficient (Wildman–Crippen LogP) is 1.69.